The predicted octanol–water partition coefficient (Wildman–Crippen LogP) is 6.47. The summed E-state index contributed by atoms with van der Waals surface area (Å²) in [6.07, 6.45) is 10.6. The standard InChI is InChI=1S/C35H34N6O/c42-32-24-37-30-23-31-34(29(33(30)38-32)22-25-8-3-1-4-9-25)39-35(41(31)21-7-20-40-18-5-2-6-19-40)28-12-10-26(11-13-28)27-14-16-36-17-15-27/h1,3-4,8-17,23-24H,2,5-7,18-22H2,(H,38,42). The topological polar surface area (TPSA) is 79.7 Å². The number of aromatic nitrogens is 5. The number of fused-ring (bicyclic) bond motifs is 2. The molecule has 1 fully saturated rings. The number of nitrogens with zero attached hydrogens (tertiary/aromatic N) is 5. The molecule has 7 nitrogen and oxygen atoms in total. The molecule has 1 N–H and O–H groups in total. The Morgan fingerprint density at radius 1 is 0.810 bits per heavy atom. The summed E-state index contributed by atoms with van der Waals surface area (Å²) in [6, 6.07) is 25.1. The smallest absolute Gasteiger partial charge is 0.266 e. The number of benzene rings is 3. The van der Waals surface area contributed by atoms with Gasteiger partial charge >= 0.3 is 0 Å². The summed E-state index contributed by atoms with van der Waals surface area (Å²) in [4.78, 5) is 32.1. The Bertz CT molecular complexity index is 1870. The van der Waals surface area contributed by atoms with Crippen molar-refractivity contribution in [1.82, 2.24) is 29.4 Å². The summed E-state index contributed by atoms with van der Waals surface area (Å²) < 4.78 is 2.36. The monoisotopic (exact) mass is 554 g/mol. The molecule has 1 saturated heterocycles. The fraction of sp³-hybridized carbons (Fsp3) is 0.257. The van der Waals surface area contributed by atoms with E-state index >= 15 is 0 Å². The highest BCUT2D eigenvalue weighted by Gasteiger charge is 2.20. The van der Waals surface area contributed by atoms with Crippen LogP contribution >= 0.6 is 0 Å². The van der Waals surface area contributed by atoms with Crippen LogP contribution < -0.4 is 5.56 Å². The largest absolute Gasteiger partial charge is 0.324 e. The van der Waals surface area contributed by atoms with Gasteiger partial charge in [0.05, 0.1) is 28.3 Å². The van der Waals surface area contributed by atoms with E-state index in [1.54, 1.807) is 0 Å². The van der Waals surface area contributed by atoms with Crippen molar-refractivity contribution in [2.75, 3.05) is 19.6 Å². The SMILES string of the molecule is O=c1cnc2cc3c(nc(-c4ccc(-c5ccncc5)cc4)n3CCCN3CCCCC3)c(Cc3ccccc3)c2[nH]1. The molecule has 1 aliphatic heterocycles. The average molecular weight is 555 g/mol. The molecular weight excluding hydrogens is 520 g/mol. The van der Waals surface area contributed by atoms with Crippen LogP contribution in [0.4, 0.5) is 0 Å². The third-order valence-corrected chi connectivity index (χ3v) is 8.38. The molecule has 210 valence electrons. The number of likely N-dealkylation sites (tertiary alicyclic amines) is 1. The molecule has 42 heavy (non-hydrogen) atoms. The molecule has 7 rings (SSSR count). The molecule has 7 heteroatoms. The lowest BCUT2D eigenvalue weighted by Gasteiger charge is -2.26. The van der Waals surface area contributed by atoms with E-state index in [1.807, 2.05) is 42.7 Å². The van der Waals surface area contributed by atoms with Gasteiger partial charge in [-0.15, -0.1) is 0 Å². The van der Waals surface area contributed by atoms with E-state index in [1.165, 1.54) is 44.1 Å². The second-order valence-electron chi connectivity index (χ2n) is 11.2. The van der Waals surface area contributed by atoms with Crippen LogP contribution in [-0.4, -0.2) is 49.0 Å². The zero-order valence-corrected chi connectivity index (χ0v) is 23.7. The molecule has 0 amide bonds. The average Bonchev–Trinajstić information content (AvgIpc) is 3.41. The molecule has 6 aromatic rings. The Kier molecular flexibility index (Phi) is 7.33. The van der Waals surface area contributed by atoms with E-state index in [-0.39, 0.29) is 5.56 Å². The molecule has 0 spiro atoms. The van der Waals surface area contributed by atoms with Gasteiger partial charge in [-0.05, 0) is 73.8 Å². The van der Waals surface area contributed by atoms with E-state index in [4.69, 9.17) is 4.98 Å². The zero-order valence-electron chi connectivity index (χ0n) is 23.7. The minimum Gasteiger partial charge on any atom is -0.324 e. The van der Waals surface area contributed by atoms with Crippen LogP contribution in [0, 0.1) is 0 Å². The van der Waals surface area contributed by atoms with Crippen molar-refractivity contribution in [2.45, 2.75) is 38.6 Å². The summed E-state index contributed by atoms with van der Waals surface area (Å²) in [5.41, 5.74) is 8.83. The molecule has 1 aliphatic rings. The Balaban J connectivity index is 1.36. The quantitative estimate of drug-likeness (QED) is 0.233. The Hall–Kier alpha value is -4.62. The van der Waals surface area contributed by atoms with Gasteiger partial charge in [0, 0.05) is 36.5 Å². The van der Waals surface area contributed by atoms with Gasteiger partial charge in [0.1, 0.15) is 5.82 Å². The van der Waals surface area contributed by atoms with Crippen molar-refractivity contribution in [3.8, 4) is 22.5 Å². The summed E-state index contributed by atoms with van der Waals surface area (Å²) >= 11 is 0. The first-order valence-corrected chi connectivity index (χ1v) is 14.9. The van der Waals surface area contributed by atoms with Crippen LogP contribution in [0.3, 0.4) is 0 Å². The lowest BCUT2D eigenvalue weighted by atomic mass is 10.0. The molecule has 3 aromatic carbocycles. The molecule has 4 heterocycles. The number of rotatable bonds is 8. The van der Waals surface area contributed by atoms with Crippen molar-refractivity contribution in [3.63, 3.8) is 0 Å². The summed E-state index contributed by atoms with van der Waals surface area (Å²) in [5.74, 6) is 0.942. The highest BCUT2D eigenvalue weighted by atomic mass is 16.1. The van der Waals surface area contributed by atoms with Gasteiger partial charge in [0.15, 0.2) is 0 Å². The lowest BCUT2D eigenvalue weighted by Crippen LogP contribution is -2.31. The number of hydrogen-bond acceptors (Lipinski definition) is 5. The number of piperidine rings is 1. The molecule has 0 radical (unpaired) electrons. The fourth-order valence-electron chi connectivity index (χ4n) is 6.24. The number of aromatic amines is 1. The number of pyridine rings is 1. The Morgan fingerprint density at radius 3 is 2.33 bits per heavy atom. The highest BCUT2D eigenvalue weighted by molar-refractivity contribution is 5.97. The highest BCUT2D eigenvalue weighted by Crippen LogP contribution is 2.33. The van der Waals surface area contributed by atoms with Gasteiger partial charge in [0.2, 0.25) is 0 Å². The molecule has 0 atom stereocenters. The van der Waals surface area contributed by atoms with E-state index in [0.717, 1.165) is 69.7 Å². The maximum atomic E-state index is 12.4. The maximum absolute atomic E-state index is 12.4. The lowest BCUT2D eigenvalue weighted by molar-refractivity contribution is 0.223. The van der Waals surface area contributed by atoms with Crippen molar-refractivity contribution < 1.29 is 0 Å². The number of imidazole rings is 1. The first-order chi connectivity index (χ1) is 20.7. The molecular formula is C35H34N6O. The van der Waals surface area contributed by atoms with Crippen LogP contribution in [0.5, 0.6) is 0 Å². The van der Waals surface area contributed by atoms with Gasteiger partial charge in [-0.2, -0.15) is 0 Å². The van der Waals surface area contributed by atoms with Gasteiger partial charge in [-0.3, -0.25) is 9.78 Å². The number of aryl methyl sites for hydroxylation is 1. The Labute approximate surface area is 244 Å². The minimum absolute atomic E-state index is 0.205. The summed E-state index contributed by atoms with van der Waals surface area (Å²) in [7, 11) is 0. The second-order valence-corrected chi connectivity index (χ2v) is 11.2. The fourth-order valence-corrected chi connectivity index (χ4v) is 6.24. The van der Waals surface area contributed by atoms with E-state index in [9.17, 15) is 4.79 Å². The third kappa shape index (κ3) is 5.35. The van der Waals surface area contributed by atoms with Gasteiger partial charge in [0.25, 0.3) is 5.56 Å². The summed E-state index contributed by atoms with van der Waals surface area (Å²) in [6.45, 7) is 4.32. The van der Waals surface area contributed by atoms with E-state index in [2.05, 4.69) is 66.9 Å². The van der Waals surface area contributed by atoms with E-state index in [0.29, 0.717) is 6.42 Å². The van der Waals surface area contributed by atoms with Crippen molar-refractivity contribution in [1.29, 1.82) is 0 Å². The molecule has 0 saturated carbocycles. The third-order valence-electron chi connectivity index (χ3n) is 8.38. The molecule has 0 bridgehead atoms. The first-order valence-electron chi connectivity index (χ1n) is 14.9. The van der Waals surface area contributed by atoms with Crippen LogP contribution in [-0.2, 0) is 13.0 Å². The van der Waals surface area contributed by atoms with Gasteiger partial charge in [-0.1, -0.05) is 61.0 Å². The number of hydrogen-bond donors (Lipinski definition) is 1. The second kappa shape index (κ2) is 11.7. The normalized spacial score (nSPS) is 14.1. The molecule has 0 aliphatic carbocycles. The zero-order chi connectivity index (χ0) is 28.3. The van der Waals surface area contributed by atoms with Crippen LogP contribution in [0.1, 0.15) is 36.8 Å². The summed E-state index contributed by atoms with van der Waals surface area (Å²) in [5, 5.41) is 0. The van der Waals surface area contributed by atoms with Crippen LogP contribution in [0.15, 0.2) is 96.2 Å². The van der Waals surface area contributed by atoms with Crippen molar-refractivity contribution in [3.05, 3.63) is 113 Å². The van der Waals surface area contributed by atoms with Gasteiger partial charge in [-0.25, -0.2) is 9.97 Å². The first kappa shape index (κ1) is 26.3. The number of nitrogens with one attached hydrogen (secondary N) is 1. The van der Waals surface area contributed by atoms with Crippen LogP contribution in [0.2, 0.25) is 0 Å². The van der Waals surface area contributed by atoms with Crippen molar-refractivity contribution >= 4 is 22.1 Å². The molecule has 0 unspecified atom stereocenters. The minimum atomic E-state index is -0.205. The maximum Gasteiger partial charge on any atom is 0.266 e. The van der Waals surface area contributed by atoms with Crippen molar-refractivity contribution in [2.24, 2.45) is 0 Å². The Morgan fingerprint density at radius 2 is 1.55 bits per heavy atom. The van der Waals surface area contributed by atoms with Crippen LogP contribution in [0.25, 0.3) is 44.6 Å². The number of H-pyrrole nitrogens is 1. The van der Waals surface area contributed by atoms with Gasteiger partial charge < -0.3 is 14.5 Å². The molecule has 3 aromatic heterocycles. The predicted molar refractivity (Wildman–Crippen MR) is 168 cm³/mol. The van der Waals surface area contributed by atoms with E-state index < -0.39 is 0 Å².